The van der Waals surface area contributed by atoms with E-state index in [1.165, 1.54) is 19.1 Å². The van der Waals surface area contributed by atoms with Crippen molar-refractivity contribution in [3.05, 3.63) is 29.8 Å². The van der Waals surface area contributed by atoms with Crippen molar-refractivity contribution in [1.82, 2.24) is 16.0 Å². The number of aliphatic hydroxyl groups is 1. The maximum atomic E-state index is 12.8. The van der Waals surface area contributed by atoms with Crippen molar-refractivity contribution < 1.29 is 34.5 Å². The lowest BCUT2D eigenvalue weighted by atomic mass is 10.0. The second-order valence-electron chi connectivity index (χ2n) is 7.80. The number of aliphatic imine (C=N–C) groups is 1. The zero-order valence-corrected chi connectivity index (χ0v) is 19.3. The first-order valence-corrected chi connectivity index (χ1v) is 10.8. The first kappa shape index (κ1) is 29.1. The van der Waals surface area contributed by atoms with Gasteiger partial charge in [-0.25, -0.2) is 0 Å². The summed E-state index contributed by atoms with van der Waals surface area (Å²) in [6, 6.07) is 1.22. The number of carbonyl (C=O) groups is 4. The number of phenols is 1. The highest BCUT2D eigenvalue weighted by Crippen LogP contribution is 2.11. The van der Waals surface area contributed by atoms with Crippen LogP contribution in [0.25, 0.3) is 0 Å². The number of hydrogen-bond acceptors (Lipinski definition) is 8. The molecule has 0 fully saturated rings. The molecular formula is C21H33N7O7. The number of nitrogens with two attached hydrogens (primary N) is 3. The number of nitrogens with one attached hydrogen (secondary N) is 3. The van der Waals surface area contributed by atoms with Gasteiger partial charge in [0, 0.05) is 6.54 Å². The molecule has 3 amide bonds. The number of guanidine groups is 1. The lowest BCUT2D eigenvalue weighted by molar-refractivity contribution is -0.142. The van der Waals surface area contributed by atoms with Crippen LogP contribution >= 0.6 is 0 Å². The predicted octanol–water partition coefficient (Wildman–Crippen LogP) is -3.13. The maximum absolute atomic E-state index is 12.8. The lowest BCUT2D eigenvalue weighted by Crippen LogP contribution is -2.58. The predicted molar refractivity (Wildman–Crippen MR) is 126 cm³/mol. The summed E-state index contributed by atoms with van der Waals surface area (Å²) in [5.74, 6) is -3.74. The van der Waals surface area contributed by atoms with Crippen LogP contribution in [0.2, 0.25) is 0 Å². The third-order valence-electron chi connectivity index (χ3n) is 4.85. The number of nitrogens with zero attached hydrogens (tertiary/aromatic N) is 1. The molecule has 0 radical (unpaired) electrons. The first-order valence-electron chi connectivity index (χ1n) is 10.8. The van der Waals surface area contributed by atoms with Crippen molar-refractivity contribution >= 4 is 29.7 Å². The molecule has 1 aromatic carbocycles. The van der Waals surface area contributed by atoms with E-state index in [-0.39, 0.29) is 37.5 Å². The molecule has 0 spiro atoms. The Morgan fingerprint density at radius 3 is 2.09 bits per heavy atom. The molecule has 0 bridgehead atoms. The molecule has 0 aliphatic heterocycles. The van der Waals surface area contributed by atoms with Crippen LogP contribution in [0.1, 0.15) is 25.3 Å². The van der Waals surface area contributed by atoms with Crippen LogP contribution in [0, 0.1) is 0 Å². The second kappa shape index (κ2) is 14.4. The Labute approximate surface area is 201 Å². The van der Waals surface area contributed by atoms with Gasteiger partial charge < -0.3 is 48.5 Å². The summed E-state index contributed by atoms with van der Waals surface area (Å²) in [6.07, 6.45) is 0.490. The van der Waals surface area contributed by atoms with E-state index in [1.54, 1.807) is 12.1 Å². The number of carboxylic acids is 1. The van der Waals surface area contributed by atoms with E-state index in [2.05, 4.69) is 20.9 Å². The number of aromatic hydroxyl groups is 1. The smallest absolute Gasteiger partial charge is 0.325 e. The van der Waals surface area contributed by atoms with E-state index in [9.17, 15) is 29.4 Å². The highest BCUT2D eigenvalue weighted by molar-refractivity contribution is 5.94. The van der Waals surface area contributed by atoms with E-state index >= 15 is 0 Å². The van der Waals surface area contributed by atoms with Gasteiger partial charge in [-0.3, -0.25) is 24.2 Å². The van der Waals surface area contributed by atoms with Crippen LogP contribution in [0.4, 0.5) is 0 Å². The molecule has 14 nitrogen and oxygen atoms in total. The number of benzene rings is 1. The van der Waals surface area contributed by atoms with Gasteiger partial charge in [-0.05, 0) is 43.9 Å². The van der Waals surface area contributed by atoms with E-state index in [1.807, 2.05) is 0 Å². The molecule has 0 aromatic heterocycles. The van der Waals surface area contributed by atoms with Crippen LogP contribution in [0.5, 0.6) is 5.75 Å². The molecule has 194 valence electrons. The highest BCUT2D eigenvalue weighted by Gasteiger charge is 2.29. The third-order valence-corrected chi connectivity index (χ3v) is 4.85. The van der Waals surface area contributed by atoms with Crippen LogP contribution in [0.15, 0.2) is 29.3 Å². The van der Waals surface area contributed by atoms with Gasteiger partial charge in [-0.2, -0.15) is 0 Å². The van der Waals surface area contributed by atoms with Crippen LogP contribution in [-0.2, 0) is 25.6 Å². The molecule has 1 aromatic rings. The first-order chi connectivity index (χ1) is 16.4. The standard InChI is InChI=1S/C21H33N7O7/c1-11(20(34)35)26-19(33)16(10-29)28-18(32)15(3-2-8-25-21(23)24)27-17(31)14(22)9-12-4-6-13(30)7-5-12/h4-7,11,14-16,29-30H,2-3,8-10,22H2,1H3,(H,26,33)(H,27,31)(H,28,32)(H,34,35)(H4,23,24,25). The molecule has 0 aliphatic carbocycles. The Bertz CT molecular complexity index is 904. The lowest BCUT2D eigenvalue weighted by Gasteiger charge is -2.24. The van der Waals surface area contributed by atoms with Gasteiger partial charge in [0.15, 0.2) is 5.96 Å². The van der Waals surface area contributed by atoms with Crippen molar-refractivity contribution in [3.63, 3.8) is 0 Å². The summed E-state index contributed by atoms with van der Waals surface area (Å²) in [5.41, 5.74) is 17.2. The minimum absolute atomic E-state index is 0.0597. The molecule has 4 unspecified atom stereocenters. The number of amides is 3. The molecule has 12 N–H and O–H groups in total. The average molecular weight is 496 g/mol. The summed E-state index contributed by atoms with van der Waals surface area (Å²) < 4.78 is 0. The van der Waals surface area contributed by atoms with Crippen LogP contribution < -0.4 is 33.2 Å². The summed E-state index contributed by atoms with van der Waals surface area (Å²) in [4.78, 5) is 52.5. The normalized spacial score (nSPS) is 14.0. The fourth-order valence-corrected chi connectivity index (χ4v) is 2.87. The fraction of sp³-hybridized carbons (Fsp3) is 0.476. The third kappa shape index (κ3) is 10.7. The van der Waals surface area contributed by atoms with Gasteiger partial charge in [-0.1, -0.05) is 12.1 Å². The molecule has 0 saturated heterocycles. The minimum Gasteiger partial charge on any atom is -0.508 e. The molecule has 4 atom stereocenters. The Morgan fingerprint density at radius 1 is 0.971 bits per heavy atom. The van der Waals surface area contributed by atoms with E-state index < -0.39 is 54.5 Å². The molecule has 35 heavy (non-hydrogen) atoms. The summed E-state index contributed by atoms with van der Waals surface area (Å²) in [5, 5.41) is 34.8. The Hall–Kier alpha value is -3.91. The van der Waals surface area contributed by atoms with E-state index in [4.69, 9.17) is 22.3 Å². The Morgan fingerprint density at radius 2 is 1.54 bits per heavy atom. The van der Waals surface area contributed by atoms with E-state index in [0.29, 0.717) is 5.56 Å². The monoisotopic (exact) mass is 495 g/mol. The second-order valence-corrected chi connectivity index (χ2v) is 7.80. The fourth-order valence-electron chi connectivity index (χ4n) is 2.87. The zero-order valence-electron chi connectivity index (χ0n) is 19.3. The Balaban J connectivity index is 2.88. The van der Waals surface area contributed by atoms with Crippen molar-refractivity contribution in [3.8, 4) is 5.75 Å². The van der Waals surface area contributed by atoms with Gasteiger partial charge in [0.1, 0.15) is 23.9 Å². The molecule has 0 heterocycles. The van der Waals surface area contributed by atoms with E-state index in [0.717, 1.165) is 0 Å². The summed E-state index contributed by atoms with van der Waals surface area (Å²) in [7, 11) is 0. The number of rotatable bonds is 14. The van der Waals surface area contributed by atoms with Gasteiger partial charge in [0.25, 0.3) is 0 Å². The topological polar surface area (TPSA) is 255 Å². The number of aliphatic carboxylic acids is 1. The highest BCUT2D eigenvalue weighted by atomic mass is 16.4. The van der Waals surface area contributed by atoms with Gasteiger partial charge in [-0.15, -0.1) is 0 Å². The average Bonchev–Trinajstić information content (AvgIpc) is 2.80. The number of hydrogen-bond donors (Lipinski definition) is 9. The Kier molecular flexibility index (Phi) is 12.0. The zero-order chi connectivity index (χ0) is 26.5. The molecule has 0 saturated carbocycles. The van der Waals surface area contributed by atoms with Gasteiger partial charge >= 0.3 is 5.97 Å². The summed E-state index contributed by atoms with van der Waals surface area (Å²) in [6.45, 7) is 0.583. The molecule has 0 aliphatic rings. The van der Waals surface area contributed by atoms with Gasteiger partial charge in [0.05, 0.1) is 12.6 Å². The van der Waals surface area contributed by atoms with Crippen molar-refractivity contribution in [1.29, 1.82) is 0 Å². The van der Waals surface area contributed by atoms with Crippen molar-refractivity contribution in [2.45, 2.75) is 50.4 Å². The quantitative estimate of drug-likeness (QED) is 0.0712. The van der Waals surface area contributed by atoms with Gasteiger partial charge in [0.2, 0.25) is 17.7 Å². The SMILES string of the molecule is CC(NC(=O)C(CO)NC(=O)C(CCCN=C(N)N)NC(=O)C(N)Cc1ccc(O)cc1)C(=O)O. The minimum atomic E-state index is -1.45. The number of aliphatic hydroxyl groups excluding tert-OH is 1. The molecule has 1 rings (SSSR count). The van der Waals surface area contributed by atoms with Crippen LogP contribution in [-0.4, -0.2) is 82.3 Å². The molecule has 14 heteroatoms. The largest absolute Gasteiger partial charge is 0.508 e. The molecular weight excluding hydrogens is 462 g/mol. The maximum Gasteiger partial charge on any atom is 0.325 e. The van der Waals surface area contributed by atoms with Crippen molar-refractivity contribution in [2.75, 3.05) is 13.2 Å². The number of phenolic OH excluding ortho intramolecular Hbond substituents is 1. The summed E-state index contributed by atoms with van der Waals surface area (Å²) >= 11 is 0. The van der Waals surface area contributed by atoms with Crippen LogP contribution in [0.3, 0.4) is 0 Å². The van der Waals surface area contributed by atoms with Crippen molar-refractivity contribution in [2.24, 2.45) is 22.2 Å². The number of carboxylic acid groups (broad SMARTS) is 1. The number of carbonyl (C=O) groups excluding carboxylic acids is 3.